The first-order valence-electron chi connectivity index (χ1n) is 9.37. The molecule has 0 radical (unpaired) electrons. The molecule has 5 rings (SSSR count). The highest BCUT2D eigenvalue weighted by Gasteiger charge is 2.44. The maximum absolute atomic E-state index is 13.7. The maximum Gasteiger partial charge on any atom is 0.226 e. The molecule has 1 aromatic heterocycles. The molecule has 1 N–H and O–H groups in total. The van der Waals surface area contributed by atoms with Gasteiger partial charge in [0.25, 0.3) is 0 Å². The van der Waals surface area contributed by atoms with Crippen LogP contribution in [0.2, 0.25) is 0 Å². The number of rotatable bonds is 4. The summed E-state index contributed by atoms with van der Waals surface area (Å²) in [5.41, 5.74) is 1.48. The van der Waals surface area contributed by atoms with E-state index >= 15 is 0 Å². The Hall–Kier alpha value is -2.47. The Labute approximate surface area is 155 Å². The molecule has 140 valence electrons. The van der Waals surface area contributed by atoms with E-state index in [0.717, 1.165) is 30.3 Å². The minimum absolute atomic E-state index is 0.126. The number of hydrogen-bond acceptors (Lipinski definition) is 2. The van der Waals surface area contributed by atoms with Crippen molar-refractivity contribution in [3.05, 3.63) is 48.0 Å². The van der Waals surface area contributed by atoms with Crippen molar-refractivity contribution in [3.8, 4) is 0 Å². The van der Waals surface area contributed by atoms with Crippen molar-refractivity contribution in [2.24, 2.45) is 5.92 Å². The molecule has 2 heterocycles. The smallest absolute Gasteiger partial charge is 0.226 e. The summed E-state index contributed by atoms with van der Waals surface area (Å²) >= 11 is 0. The highest BCUT2D eigenvalue weighted by Crippen LogP contribution is 2.38. The lowest BCUT2D eigenvalue weighted by Crippen LogP contribution is -2.43. The van der Waals surface area contributed by atoms with Crippen molar-refractivity contribution in [1.82, 2.24) is 9.47 Å². The van der Waals surface area contributed by atoms with Crippen LogP contribution in [0.1, 0.15) is 19.3 Å². The average Bonchev–Trinajstić information content (AvgIpc) is 3.30. The van der Waals surface area contributed by atoms with Crippen LogP contribution in [0.15, 0.2) is 36.4 Å². The topological polar surface area (TPSA) is 45.5 Å². The SMILES string of the molecule is O=C1[C@H]2CC[C@H](C2)N1C[C@@H](O)Cn1c2ccc(F)cc2c2cc(F)ccc21. The zero-order valence-electron chi connectivity index (χ0n) is 14.7. The summed E-state index contributed by atoms with van der Waals surface area (Å²) in [6.45, 7) is 0.558. The molecule has 4 nitrogen and oxygen atoms in total. The molecule has 1 amide bonds. The van der Waals surface area contributed by atoms with Gasteiger partial charge in [0.15, 0.2) is 0 Å². The van der Waals surface area contributed by atoms with Gasteiger partial charge in [0, 0.05) is 40.3 Å². The molecule has 2 bridgehead atoms. The number of piperidine rings is 1. The van der Waals surface area contributed by atoms with E-state index in [2.05, 4.69) is 0 Å². The van der Waals surface area contributed by atoms with Crippen LogP contribution in [-0.4, -0.2) is 39.2 Å². The predicted molar refractivity (Wildman–Crippen MR) is 98.2 cm³/mol. The van der Waals surface area contributed by atoms with Crippen molar-refractivity contribution >= 4 is 27.7 Å². The van der Waals surface area contributed by atoms with Crippen LogP contribution >= 0.6 is 0 Å². The number of hydrogen-bond donors (Lipinski definition) is 1. The summed E-state index contributed by atoms with van der Waals surface area (Å²) in [6.07, 6.45) is 2.12. The second kappa shape index (κ2) is 6.02. The fourth-order valence-electron chi connectivity index (χ4n) is 4.86. The molecule has 1 saturated heterocycles. The third kappa shape index (κ3) is 2.62. The summed E-state index contributed by atoms with van der Waals surface area (Å²) < 4.78 is 29.4. The molecule has 3 aromatic rings. The second-order valence-electron chi connectivity index (χ2n) is 7.74. The minimum atomic E-state index is -0.748. The van der Waals surface area contributed by atoms with Crippen LogP contribution in [0.3, 0.4) is 0 Å². The zero-order chi connectivity index (χ0) is 18.7. The molecular weight excluding hydrogens is 350 g/mol. The van der Waals surface area contributed by atoms with Crippen molar-refractivity contribution in [1.29, 1.82) is 0 Å². The first-order chi connectivity index (χ1) is 13.0. The van der Waals surface area contributed by atoms with Crippen LogP contribution in [0.4, 0.5) is 8.78 Å². The largest absolute Gasteiger partial charge is 0.389 e. The summed E-state index contributed by atoms with van der Waals surface area (Å²) in [6, 6.07) is 9.06. The Balaban J connectivity index is 1.49. The van der Waals surface area contributed by atoms with Gasteiger partial charge in [0.2, 0.25) is 5.91 Å². The zero-order valence-corrected chi connectivity index (χ0v) is 14.7. The van der Waals surface area contributed by atoms with Crippen molar-refractivity contribution in [2.75, 3.05) is 6.54 Å². The Morgan fingerprint density at radius 2 is 1.63 bits per heavy atom. The molecule has 0 unspecified atom stereocenters. The van der Waals surface area contributed by atoms with Crippen LogP contribution in [0.25, 0.3) is 21.8 Å². The van der Waals surface area contributed by atoms with Gasteiger partial charge >= 0.3 is 0 Å². The highest BCUT2D eigenvalue weighted by atomic mass is 19.1. The van der Waals surface area contributed by atoms with Crippen molar-refractivity contribution in [3.63, 3.8) is 0 Å². The van der Waals surface area contributed by atoms with Gasteiger partial charge in [-0.05, 0) is 55.7 Å². The van der Waals surface area contributed by atoms with Crippen molar-refractivity contribution < 1.29 is 18.7 Å². The Kier molecular flexibility index (Phi) is 3.72. The van der Waals surface area contributed by atoms with Crippen LogP contribution in [0, 0.1) is 17.6 Å². The minimum Gasteiger partial charge on any atom is -0.389 e. The fourth-order valence-corrected chi connectivity index (χ4v) is 4.86. The van der Waals surface area contributed by atoms with Gasteiger partial charge in [-0.15, -0.1) is 0 Å². The standard InChI is InChI=1S/C21H20F2N2O2/c22-13-2-5-19-17(8-13)18-9-14(23)3-6-20(18)25(19)11-16(26)10-24-15-4-1-12(7-15)21(24)27/h2-3,5-6,8-9,12,15-16,26H,1,4,7,10-11H2/t12-,15+,16+/m0/s1. The van der Waals surface area contributed by atoms with Gasteiger partial charge in [0.1, 0.15) is 11.6 Å². The third-order valence-corrected chi connectivity index (χ3v) is 6.07. The molecule has 1 aliphatic heterocycles. The lowest BCUT2D eigenvalue weighted by molar-refractivity contribution is -0.135. The number of fused-ring (bicyclic) bond motifs is 5. The molecule has 6 heteroatoms. The molecule has 2 fully saturated rings. The van der Waals surface area contributed by atoms with E-state index in [9.17, 15) is 18.7 Å². The van der Waals surface area contributed by atoms with E-state index in [4.69, 9.17) is 0 Å². The Morgan fingerprint density at radius 3 is 2.19 bits per heavy atom. The molecule has 27 heavy (non-hydrogen) atoms. The van der Waals surface area contributed by atoms with E-state index in [1.165, 1.54) is 24.3 Å². The third-order valence-electron chi connectivity index (χ3n) is 6.07. The first-order valence-corrected chi connectivity index (χ1v) is 9.37. The summed E-state index contributed by atoms with van der Waals surface area (Å²) in [4.78, 5) is 14.1. The van der Waals surface area contributed by atoms with E-state index in [1.54, 1.807) is 12.1 Å². The number of aromatic nitrogens is 1. The lowest BCUT2D eigenvalue weighted by atomic mass is 10.1. The second-order valence-corrected chi connectivity index (χ2v) is 7.74. The Bertz CT molecular complexity index is 1000. The Morgan fingerprint density at radius 1 is 1.00 bits per heavy atom. The van der Waals surface area contributed by atoms with Crippen LogP contribution < -0.4 is 0 Å². The van der Waals surface area contributed by atoms with Gasteiger partial charge in [-0.1, -0.05) is 0 Å². The van der Waals surface area contributed by atoms with Gasteiger partial charge < -0.3 is 14.6 Å². The highest BCUT2D eigenvalue weighted by molar-refractivity contribution is 6.08. The lowest BCUT2D eigenvalue weighted by Gasteiger charge is -2.29. The molecule has 0 spiro atoms. The number of benzene rings is 2. The van der Waals surface area contributed by atoms with E-state index in [1.807, 2.05) is 9.47 Å². The van der Waals surface area contributed by atoms with Crippen LogP contribution in [-0.2, 0) is 11.3 Å². The molecular formula is C21H20F2N2O2. The molecule has 2 aromatic carbocycles. The van der Waals surface area contributed by atoms with Crippen LogP contribution in [0.5, 0.6) is 0 Å². The first kappa shape index (κ1) is 16.7. The maximum atomic E-state index is 13.7. The van der Waals surface area contributed by atoms with Gasteiger partial charge in [-0.2, -0.15) is 0 Å². The normalized spacial score (nSPS) is 23.1. The molecule has 1 aliphatic carbocycles. The molecule has 3 atom stereocenters. The molecule has 2 aliphatic rings. The number of halogens is 2. The number of carbonyl (C=O) groups excluding carboxylic acids is 1. The van der Waals surface area contributed by atoms with Gasteiger partial charge in [0.05, 0.1) is 12.6 Å². The summed E-state index contributed by atoms with van der Waals surface area (Å²) in [7, 11) is 0. The number of likely N-dealkylation sites (tertiary alicyclic amines) is 1. The average molecular weight is 370 g/mol. The predicted octanol–water partition coefficient (Wildman–Crippen LogP) is 3.44. The van der Waals surface area contributed by atoms with Gasteiger partial charge in [-0.3, -0.25) is 4.79 Å². The number of aliphatic hydroxyl groups excluding tert-OH is 1. The van der Waals surface area contributed by atoms with E-state index in [-0.39, 0.29) is 36.0 Å². The monoisotopic (exact) mass is 370 g/mol. The molecule has 1 saturated carbocycles. The quantitative estimate of drug-likeness (QED) is 0.765. The summed E-state index contributed by atoms with van der Waals surface area (Å²) in [5.74, 6) is -0.492. The number of nitrogens with zero attached hydrogens (tertiary/aromatic N) is 2. The fraction of sp³-hybridized carbons (Fsp3) is 0.381. The number of aliphatic hydroxyl groups is 1. The number of β-amino-alcohol motifs (C(OH)–C–C–N with tert-alkyl or cyclic N) is 1. The van der Waals surface area contributed by atoms with Crippen molar-refractivity contribution in [2.45, 2.75) is 38.0 Å². The number of carbonyl (C=O) groups is 1. The van der Waals surface area contributed by atoms with E-state index < -0.39 is 6.10 Å². The number of amides is 1. The van der Waals surface area contributed by atoms with E-state index in [0.29, 0.717) is 17.3 Å². The van der Waals surface area contributed by atoms with Gasteiger partial charge in [-0.25, -0.2) is 8.78 Å². The summed E-state index contributed by atoms with van der Waals surface area (Å²) in [5, 5.41) is 11.9.